The molecular weight excluding hydrogens is 256 g/mol. The molecule has 116 valence electrons. The zero-order chi connectivity index (χ0) is 14.8. The number of nitrogens with zero attached hydrogens (tertiary/aromatic N) is 1. The number of hydrogen-bond donors (Lipinski definition) is 1. The fourth-order valence-corrected chi connectivity index (χ4v) is 4.61. The predicted octanol–water partition coefficient (Wildman–Crippen LogP) is 3.90. The van der Waals surface area contributed by atoms with Gasteiger partial charge < -0.3 is 5.73 Å². The Morgan fingerprint density at radius 3 is 2.52 bits per heavy atom. The van der Waals surface area contributed by atoms with Crippen molar-refractivity contribution in [3.63, 3.8) is 0 Å². The Morgan fingerprint density at radius 1 is 1.10 bits per heavy atom. The van der Waals surface area contributed by atoms with E-state index in [9.17, 15) is 0 Å². The summed E-state index contributed by atoms with van der Waals surface area (Å²) in [5.41, 5.74) is 9.21. The molecule has 2 aliphatic rings. The fourth-order valence-electron chi connectivity index (χ4n) is 4.61. The zero-order valence-electron chi connectivity index (χ0n) is 13.6. The van der Waals surface area contributed by atoms with Crippen LogP contribution in [-0.2, 0) is 0 Å². The molecule has 0 spiro atoms. The SMILES string of the molecule is Cc1ccccc1C(C(C)N)N1CCC2CCCCC2C1. The lowest BCUT2D eigenvalue weighted by Gasteiger charge is -2.45. The minimum atomic E-state index is 0.186. The normalized spacial score (nSPS) is 29.7. The summed E-state index contributed by atoms with van der Waals surface area (Å²) in [6.45, 7) is 6.87. The number of rotatable bonds is 3. The molecule has 1 aliphatic heterocycles. The van der Waals surface area contributed by atoms with Gasteiger partial charge in [0.25, 0.3) is 0 Å². The highest BCUT2D eigenvalue weighted by Gasteiger charge is 2.35. The van der Waals surface area contributed by atoms with E-state index < -0.39 is 0 Å². The minimum absolute atomic E-state index is 0.186. The third-order valence-electron chi connectivity index (χ3n) is 5.72. The first-order valence-corrected chi connectivity index (χ1v) is 8.72. The quantitative estimate of drug-likeness (QED) is 0.913. The summed E-state index contributed by atoms with van der Waals surface area (Å²) < 4.78 is 0. The first-order valence-electron chi connectivity index (χ1n) is 8.72. The highest BCUT2D eigenvalue weighted by Crippen LogP contribution is 2.39. The standard InChI is InChI=1S/C19H30N2/c1-14-7-3-6-10-18(14)19(15(2)20)21-12-11-16-8-4-5-9-17(16)13-21/h3,6-7,10,15-17,19H,4-5,8-9,11-13,20H2,1-2H3. The lowest BCUT2D eigenvalue weighted by Crippen LogP contribution is -2.48. The van der Waals surface area contributed by atoms with Gasteiger partial charge in [0.15, 0.2) is 0 Å². The number of likely N-dealkylation sites (tertiary alicyclic amines) is 1. The maximum atomic E-state index is 6.39. The average Bonchev–Trinajstić information content (AvgIpc) is 2.49. The van der Waals surface area contributed by atoms with E-state index >= 15 is 0 Å². The van der Waals surface area contributed by atoms with Crippen molar-refractivity contribution in [1.82, 2.24) is 4.90 Å². The van der Waals surface area contributed by atoms with Crippen molar-refractivity contribution < 1.29 is 0 Å². The minimum Gasteiger partial charge on any atom is -0.326 e. The van der Waals surface area contributed by atoms with Gasteiger partial charge in [-0.15, -0.1) is 0 Å². The molecule has 21 heavy (non-hydrogen) atoms. The summed E-state index contributed by atoms with van der Waals surface area (Å²) in [4.78, 5) is 2.68. The largest absolute Gasteiger partial charge is 0.326 e. The highest BCUT2D eigenvalue weighted by atomic mass is 15.2. The van der Waals surface area contributed by atoms with Gasteiger partial charge in [-0.05, 0) is 56.2 Å². The number of fused-ring (bicyclic) bond motifs is 1. The van der Waals surface area contributed by atoms with Crippen LogP contribution in [0.15, 0.2) is 24.3 Å². The number of piperidine rings is 1. The van der Waals surface area contributed by atoms with Crippen LogP contribution in [0.25, 0.3) is 0 Å². The van der Waals surface area contributed by atoms with Crippen LogP contribution in [0, 0.1) is 18.8 Å². The first-order chi connectivity index (χ1) is 10.2. The molecule has 2 fully saturated rings. The lowest BCUT2D eigenvalue weighted by molar-refractivity contribution is 0.0492. The van der Waals surface area contributed by atoms with E-state index in [2.05, 4.69) is 43.0 Å². The van der Waals surface area contributed by atoms with E-state index in [1.807, 2.05) is 0 Å². The predicted molar refractivity (Wildman–Crippen MR) is 89.2 cm³/mol. The Hall–Kier alpha value is -0.860. The van der Waals surface area contributed by atoms with Gasteiger partial charge in [-0.2, -0.15) is 0 Å². The van der Waals surface area contributed by atoms with Gasteiger partial charge in [0, 0.05) is 18.6 Å². The average molecular weight is 286 g/mol. The summed E-state index contributed by atoms with van der Waals surface area (Å²) in [7, 11) is 0. The number of benzene rings is 1. The second-order valence-corrected chi connectivity index (χ2v) is 7.25. The van der Waals surface area contributed by atoms with Crippen LogP contribution in [0.2, 0.25) is 0 Å². The van der Waals surface area contributed by atoms with Crippen molar-refractivity contribution in [1.29, 1.82) is 0 Å². The zero-order valence-corrected chi connectivity index (χ0v) is 13.6. The van der Waals surface area contributed by atoms with Crippen LogP contribution in [-0.4, -0.2) is 24.0 Å². The maximum Gasteiger partial charge on any atom is 0.0499 e. The Balaban J connectivity index is 1.80. The van der Waals surface area contributed by atoms with Gasteiger partial charge in [-0.25, -0.2) is 0 Å². The monoisotopic (exact) mass is 286 g/mol. The molecule has 2 heteroatoms. The molecule has 1 saturated heterocycles. The van der Waals surface area contributed by atoms with Crippen LogP contribution in [0.4, 0.5) is 0 Å². The summed E-state index contributed by atoms with van der Waals surface area (Å²) in [5, 5.41) is 0. The van der Waals surface area contributed by atoms with Gasteiger partial charge >= 0.3 is 0 Å². The second-order valence-electron chi connectivity index (χ2n) is 7.25. The molecule has 1 saturated carbocycles. The summed E-state index contributed by atoms with van der Waals surface area (Å²) in [5.74, 6) is 1.90. The molecule has 1 aliphatic carbocycles. The Morgan fingerprint density at radius 2 is 1.81 bits per heavy atom. The van der Waals surface area contributed by atoms with Crippen LogP contribution < -0.4 is 5.73 Å². The van der Waals surface area contributed by atoms with E-state index in [-0.39, 0.29) is 6.04 Å². The van der Waals surface area contributed by atoms with E-state index in [1.54, 1.807) is 0 Å². The third-order valence-corrected chi connectivity index (χ3v) is 5.72. The fraction of sp³-hybridized carbons (Fsp3) is 0.684. The van der Waals surface area contributed by atoms with Gasteiger partial charge in [-0.3, -0.25) is 4.90 Å². The molecular formula is C19H30N2. The van der Waals surface area contributed by atoms with Gasteiger partial charge in [0.2, 0.25) is 0 Å². The number of aryl methyl sites for hydroxylation is 1. The molecule has 1 aromatic rings. The molecule has 4 atom stereocenters. The molecule has 0 aromatic heterocycles. The Kier molecular flexibility index (Phi) is 4.66. The topological polar surface area (TPSA) is 29.3 Å². The van der Waals surface area contributed by atoms with Crippen LogP contribution >= 0.6 is 0 Å². The van der Waals surface area contributed by atoms with Gasteiger partial charge in [0.1, 0.15) is 0 Å². The molecule has 4 unspecified atom stereocenters. The van der Waals surface area contributed by atoms with E-state index in [0.29, 0.717) is 6.04 Å². The van der Waals surface area contributed by atoms with Crippen LogP contribution in [0.1, 0.15) is 56.2 Å². The van der Waals surface area contributed by atoms with Crippen molar-refractivity contribution in [2.24, 2.45) is 17.6 Å². The third kappa shape index (κ3) is 3.17. The van der Waals surface area contributed by atoms with Crippen molar-refractivity contribution in [2.75, 3.05) is 13.1 Å². The molecule has 2 nitrogen and oxygen atoms in total. The van der Waals surface area contributed by atoms with Crippen molar-refractivity contribution in [3.8, 4) is 0 Å². The van der Waals surface area contributed by atoms with Gasteiger partial charge in [0.05, 0.1) is 0 Å². The summed E-state index contributed by atoms with van der Waals surface area (Å²) in [6.07, 6.45) is 7.16. The lowest BCUT2D eigenvalue weighted by atomic mass is 9.74. The summed E-state index contributed by atoms with van der Waals surface area (Å²) in [6, 6.07) is 9.35. The maximum absolute atomic E-state index is 6.39. The first kappa shape index (κ1) is 15.1. The molecule has 0 radical (unpaired) electrons. The summed E-state index contributed by atoms with van der Waals surface area (Å²) >= 11 is 0. The molecule has 1 heterocycles. The molecule has 2 N–H and O–H groups in total. The highest BCUT2D eigenvalue weighted by molar-refractivity contribution is 5.30. The van der Waals surface area contributed by atoms with Crippen molar-refractivity contribution in [2.45, 2.75) is 58.0 Å². The van der Waals surface area contributed by atoms with E-state index in [0.717, 1.165) is 11.8 Å². The smallest absolute Gasteiger partial charge is 0.0499 e. The van der Waals surface area contributed by atoms with Crippen molar-refractivity contribution in [3.05, 3.63) is 35.4 Å². The molecule has 0 bridgehead atoms. The van der Waals surface area contributed by atoms with Crippen molar-refractivity contribution >= 4 is 0 Å². The van der Waals surface area contributed by atoms with Gasteiger partial charge in [-0.1, -0.05) is 43.5 Å². The van der Waals surface area contributed by atoms with E-state index in [4.69, 9.17) is 5.73 Å². The van der Waals surface area contributed by atoms with Crippen LogP contribution in [0.5, 0.6) is 0 Å². The second kappa shape index (κ2) is 6.50. The number of nitrogens with two attached hydrogens (primary N) is 1. The molecule has 1 aromatic carbocycles. The Labute approximate surface area is 129 Å². The van der Waals surface area contributed by atoms with Crippen LogP contribution in [0.3, 0.4) is 0 Å². The molecule has 3 rings (SSSR count). The van der Waals surface area contributed by atoms with E-state index in [1.165, 1.54) is 56.3 Å². The Bertz CT molecular complexity index is 468. The molecule has 0 amide bonds. The number of hydrogen-bond acceptors (Lipinski definition) is 2.